The smallest absolute Gasteiger partial charge is 0.379 e. The molecule has 27 heavy (non-hydrogen) atoms. The van der Waals surface area contributed by atoms with Crippen LogP contribution in [0.5, 0.6) is 0 Å². The van der Waals surface area contributed by atoms with Crippen molar-refractivity contribution in [1.29, 1.82) is 0 Å². The number of carbonyl (C=O) groups excluding carboxylic acids is 1. The Balaban J connectivity index is 1.64. The lowest BCUT2D eigenvalue weighted by molar-refractivity contribution is -0.137. The number of hydrogen-bond donors (Lipinski definition) is 1. The molecule has 1 atom stereocenters. The minimum absolute atomic E-state index is 0.0741. The molecule has 150 valence electrons. The molecule has 0 saturated carbocycles. The van der Waals surface area contributed by atoms with Crippen LogP contribution < -0.4 is 5.32 Å². The summed E-state index contributed by atoms with van der Waals surface area (Å²) in [4.78, 5) is 16.9. The highest BCUT2D eigenvalue weighted by atomic mass is 32.2. The van der Waals surface area contributed by atoms with Crippen molar-refractivity contribution in [2.45, 2.75) is 18.6 Å². The number of nitrogens with one attached hydrogen (secondary N) is 1. The van der Waals surface area contributed by atoms with Crippen molar-refractivity contribution in [2.24, 2.45) is 0 Å². The topological polar surface area (TPSA) is 44.8 Å². The third kappa shape index (κ3) is 5.76. The Morgan fingerprint density at radius 1 is 1.19 bits per heavy atom. The van der Waals surface area contributed by atoms with Crippen molar-refractivity contribution < 1.29 is 22.7 Å². The summed E-state index contributed by atoms with van der Waals surface area (Å²) < 4.78 is 43.4. The number of thioether (sulfide) groups is 1. The molecule has 3 rings (SSSR count). The van der Waals surface area contributed by atoms with E-state index in [0.717, 1.165) is 49.7 Å². The van der Waals surface area contributed by atoms with Crippen LogP contribution in [0.2, 0.25) is 0 Å². The molecule has 2 fully saturated rings. The molecule has 2 amide bonds. The first kappa shape index (κ1) is 20.3. The maximum atomic E-state index is 12.8. The van der Waals surface area contributed by atoms with E-state index < -0.39 is 11.7 Å². The highest BCUT2D eigenvalue weighted by Gasteiger charge is 2.31. The van der Waals surface area contributed by atoms with Crippen LogP contribution in [0.25, 0.3) is 0 Å². The normalized spacial score (nSPS) is 22.3. The van der Waals surface area contributed by atoms with Crippen LogP contribution in [0, 0.1) is 0 Å². The van der Waals surface area contributed by atoms with E-state index in [9.17, 15) is 18.0 Å². The zero-order valence-corrected chi connectivity index (χ0v) is 15.8. The Labute approximate surface area is 161 Å². The van der Waals surface area contributed by atoms with Crippen LogP contribution in [0.1, 0.15) is 12.0 Å². The number of rotatable bonds is 3. The molecular formula is C18H24F3N3O2S. The number of amides is 2. The van der Waals surface area contributed by atoms with Gasteiger partial charge in [-0.1, -0.05) is 0 Å². The fourth-order valence-corrected chi connectivity index (χ4v) is 4.32. The number of benzene rings is 1. The van der Waals surface area contributed by atoms with Gasteiger partial charge in [0.1, 0.15) is 0 Å². The number of urea groups is 1. The lowest BCUT2D eigenvalue weighted by Crippen LogP contribution is -2.51. The molecule has 1 aromatic carbocycles. The second-order valence-electron chi connectivity index (χ2n) is 6.69. The molecule has 2 aliphatic heterocycles. The summed E-state index contributed by atoms with van der Waals surface area (Å²) in [6, 6.07) is 4.38. The standard InChI is InChI=1S/C18H24F3N3O2S/c19-18(20,21)14-2-4-15(5-3-14)22-17(25)24-6-1-11-27-13-16(24)12-23-7-9-26-10-8-23/h2-5,16H,1,6-13H2,(H,22,25)/t16-/m1/s1. The number of nitrogens with zero attached hydrogens (tertiary/aromatic N) is 2. The van der Waals surface area contributed by atoms with Gasteiger partial charge in [-0.15, -0.1) is 0 Å². The van der Waals surface area contributed by atoms with Gasteiger partial charge in [-0.3, -0.25) is 4.90 Å². The molecule has 5 nitrogen and oxygen atoms in total. The van der Waals surface area contributed by atoms with E-state index in [-0.39, 0.29) is 12.1 Å². The Kier molecular flexibility index (Phi) is 6.88. The lowest BCUT2D eigenvalue weighted by atomic mass is 10.2. The second-order valence-corrected chi connectivity index (χ2v) is 7.84. The summed E-state index contributed by atoms with van der Waals surface area (Å²) >= 11 is 1.84. The highest BCUT2D eigenvalue weighted by molar-refractivity contribution is 7.99. The second kappa shape index (κ2) is 9.16. The van der Waals surface area contributed by atoms with E-state index in [1.807, 2.05) is 16.7 Å². The summed E-state index contributed by atoms with van der Waals surface area (Å²) in [7, 11) is 0. The van der Waals surface area contributed by atoms with Gasteiger partial charge in [-0.05, 0) is 36.4 Å². The minimum atomic E-state index is -4.38. The molecule has 0 spiro atoms. The average Bonchev–Trinajstić information content (AvgIpc) is 2.88. The van der Waals surface area contributed by atoms with Crippen LogP contribution in [-0.2, 0) is 10.9 Å². The average molecular weight is 403 g/mol. The van der Waals surface area contributed by atoms with E-state index in [0.29, 0.717) is 25.4 Å². The zero-order chi connectivity index (χ0) is 19.3. The third-order valence-corrected chi connectivity index (χ3v) is 5.93. The molecule has 0 aliphatic carbocycles. The number of ether oxygens (including phenoxy) is 1. The highest BCUT2D eigenvalue weighted by Crippen LogP contribution is 2.30. The monoisotopic (exact) mass is 403 g/mol. The molecule has 1 N–H and O–H groups in total. The zero-order valence-electron chi connectivity index (χ0n) is 15.0. The molecule has 2 saturated heterocycles. The van der Waals surface area contributed by atoms with Gasteiger partial charge in [-0.2, -0.15) is 24.9 Å². The van der Waals surface area contributed by atoms with Gasteiger partial charge < -0.3 is 15.0 Å². The molecule has 2 heterocycles. The number of hydrogen-bond acceptors (Lipinski definition) is 4. The van der Waals surface area contributed by atoms with Crippen LogP contribution >= 0.6 is 11.8 Å². The summed E-state index contributed by atoms with van der Waals surface area (Å²) in [5.41, 5.74) is -0.355. The van der Waals surface area contributed by atoms with Gasteiger partial charge in [0.25, 0.3) is 0 Å². The van der Waals surface area contributed by atoms with Crippen molar-refractivity contribution >= 4 is 23.5 Å². The summed E-state index contributed by atoms with van der Waals surface area (Å²) in [6.07, 6.45) is -3.47. The van der Waals surface area contributed by atoms with E-state index in [1.54, 1.807) is 0 Å². The van der Waals surface area contributed by atoms with Gasteiger partial charge >= 0.3 is 12.2 Å². The van der Waals surface area contributed by atoms with Crippen molar-refractivity contribution in [1.82, 2.24) is 9.80 Å². The molecule has 2 aliphatic rings. The van der Waals surface area contributed by atoms with Gasteiger partial charge in [0.2, 0.25) is 0 Å². The van der Waals surface area contributed by atoms with Crippen molar-refractivity contribution in [3.8, 4) is 0 Å². The summed E-state index contributed by atoms with van der Waals surface area (Å²) in [5.74, 6) is 1.86. The predicted octanol–water partition coefficient (Wildman–Crippen LogP) is 3.38. The van der Waals surface area contributed by atoms with Crippen LogP contribution in [0.15, 0.2) is 24.3 Å². The fraction of sp³-hybridized carbons (Fsp3) is 0.611. The first-order valence-corrected chi connectivity index (χ1v) is 10.2. The number of anilines is 1. The van der Waals surface area contributed by atoms with E-state index >= 15 is 0 Å². The number of carbonyl (C=O) groups is 1. The van der Waals surface area contributed by atoms with Crippen LogP contribution in [0.3, 0.4) is 0 Å². The fourth-order valence-electron chi connectivity index (χ4n) is 3.27. The minimum Gasteiger partial charge on any atom is -0.379 e. The van der Waals surface area contributed by atoms with E-state index in [1.165, 1.54) is 12.1 Å². The van der Waals surface area contributed by atoms with E-state index in [4.69, 9.17) is 4.74 Å². The van der Waals surface area contributed by atoms with Crippen molar-refractivity contribution in [3.05, 3.63) is 29.8 Å². The lowest BCUT2D eigenvalue weighted by Gasteiger charge is -2.35. The Morgan fingerprint density at radius 2 is 1.89 bits per heavy atom. The maximum absolute atomic E-state index is 12.8. The number of alkyl halides is 3. The predicted molar refractivity (Wildman–Crippen MR) is 100 cm³/mol. The van der Waals surface area contributed by atoms with Crippen LogP contribution in [-0.4, -0.2) is 72.8 Å². The van der Waals surface area contributed by atoms with Gasteiger partial charge in [-0.25, -0.2) is 4.79 Å². The molecule has 0 unspecified atom stereocenters. The summed E-state index contributed by atoms with van der Waals surface area (Å²) in [5, 5.41) is 2.75. The maximum Gasteiger partial charge on any atom is 0.416 e. The van der Waals surface area contributed by atoms with Crippen molar-refractivity contribution in [3.63, 3.8) is 0 Å². The molecule has 1 aromatic rings. The molecule has 9 heteroatoms. The van der Waals surface area contributed by atoms with Crippen LogP contribution in [0.4, 0.5) is 23.7 Å². The summed E-state index contributed by atoms with van der Waals surface area (Å²) in [6.45, 7) is 4.56. The first-order chi connectivity index (χ1) is 12.9. The first-order valence-electron chi connectivity index (χ1n) is 9.06. The molecule has 0 aromatic heterocycles. The third-order valence-electron chi connectivity index (χ3n) is 4.74. The Hall–Kier alpha value is -1.45. The molecule has 0 bridgehead atoms. The SMILES string of the molecule is O=C(Nc1ccc(C(F)(F)F)cc1)N1CCCSC[C@H]1CN1CCOCC1. The Bertz CT molecular complexity index is 621. The van der Waals surface area contributed by atoms with Gasteiger partial charge in [0, 0.05) is 37.6 Å². The number of halogens is 3. The Morgan fingerprint density at radius 3 is 2.56 bits per heavy atom. The van der Waals surface area contributed by atoms with E-state index in [2.05, 4.69) is 10.2 Å². The number of morpholine rings is 1. The molecule has 0 radical (unpaired) electrons. The largest absolute Gasteiger partial charge is 0.416 e. The quantitative estimate of drug-likeness (QED) is 0.841. The molecular weight excluding hydrogens is 379 g/mol. The van der Waals surface area contributed by atoms with Crippen molar-refractivity contribution in [2.75, 3.05) is 56.2 Å². The van der Waals surface area contributed by atoms with Gasteiger partial charge in [0.05, 0.1) is 24.8 Å². The van der Waals surface area contributed by atoms with Gasteiger partial charge in [0.15, 0.2) is 0 Å².